The molecule has 0 unspecified atom stereocenters. The van der Waals surface area contributed by atoms with Gasteiger partial charge in [0.25, 0.3) is 0 Å². The summed E-state index contributed by atoms with van der Waals surface area (Å²) in [4.78, 5) is 9.12. The number of carboxylic acids is 1. The molecule has 8 N–H and O–H groups in total. The number of carboxylic acid groups (broad SMARTS) is 1. The van der Waals surface area contributed by atoms with Crippen LogP contribution in [-0.4, -0.2) is 22.8 Å². The van der Waals surface area contributed by atoms with Crippen LogP contribution in [0.3, 0.4) is 0 Å². The predicted molar refractivity (Wildman–Crippen MR) is 24.8 cm³/mol. The zero-order valence-electron chi connectivity index (χ0n) is 4.24. The molecule has 6 heteroatoms. The summed E-state index contributed by atoms with van der Waals surface area (Å²) in [6.45, 7) is -0.778. The van der Waals surface area contributed by atoms with Crippen LogP contribution in [0.2, 0.25) is 0 Å². The molecule has 0 saturated heterocycles. The second-order valence-electron chi connectivity index (χ2n) is 0.552. The summed E-state index contributed by atoms with van der Waals surface area (Å²) in [5, 5.41) is 15.0. The van der Waals surface area contributed by atoms with Gasteiger partial charge in [0.15, 0.2) is 0 Å². The van der Waals surface area contributed by atoms with Crippen LogP contribution >= 0.6 is 0 Å². The van der Waals surface area contributed by atoms with Crippen LogP contribution in [0.4, 0.5) is 0 Å². The van der Waals surface area contributed by atoms with E-state index < -0.39 is 12.6 Å². The molecule has 0 heterocycles. The fourth-order valence-corrected chi connectivity index (χ4v) is 0. The molecule has 0 aromatic carbocycles. The molecular formula is C2H10N2O3Pt+2. The van der Waals surface area contributed by atoms with E-state index in [9.17, 15) is 0 Å². The second-order valence-corrected chi connectivity index (χ2v) is 0.552. The Labute approximate surface area is 61.5 Å². The van der Waals surface area contributed by atoms with Crippen LogP contribution in [0.5, 0.6) is 0 Å². The Morgan fingerprint density at radius 3 is 1.50 bits per heavy atom. The molecule has 54 valence electrons. The van der Waals surface area contributed by atoms with Gasteiger partial charge in [-0.1, -0.05) is 0 Å². The van der Waals surface area contributed by atoms with Gasteiger partial charge < -0.3 is 22.5 Å². The van der Waals surface area contributed by atoms with E-state index in [1.165, 1.54) is 0 Å². The largest absolute Gasteiger partial charge is 2.00 e. The van der Waals surface area contributed by atoms with Gasteiger partial charge in [0.05, 0.1) is 0 Å². The average molecular weight is 305 g/mol. The quantitative estimate of drug-likeness (QED) is 0.513. The third kappa shape index (κ3) is 36.9. The minimum Gasteiger partial charge on any atom is -0.480 e. The SMILES string of the molecule is N.N.O=C(O)CO.[Pt+2]. The van der Waals surface area contributed by atoms with Gasteiger partial charge in [-0.2, -0.15) is 0 Å². The van der Waals surface area contributed by atoms with Crippen molar-refractivity contribution in [1.82, 2.24) is 12.3 Å². The van der Waals surface area contributed by atoms with Crippen LogP contribution in [0, 0.1) is 0 Å². The van der Waals surface area contributed by atoms with Gasteiger partial charge in [0.2, 0.25) is 0 Å². The van der Waals surface area contributed by atoms with Gasteiger partial charge in [0.1, 0.15) is 6.61 Å². The maximum absolute atomic E-state index is 9.12. The Kier molecular flexibility index (Phi) is 48.0. The molecule has 0 bridgehead atoms. The summed E-state index contributed by atoms with van der Waals surface area (Å²) < 4.78 is 0. The third-order valence-corrected chi connectivity index (χ3v) is 0.135. The van der Waals surface area contributed by atoms with Crippen LogP contribution in [0.25, 0.3) is 0 Å². The van der Waals surface area contributed by atoms with Gasteiger partial charge in [-0.05, 0) is 0 Å². The maximum Gasteiger partial charge on any atom is 2.00 e. The van der Waals surface area contributed by atoms with Crippen molar-refractivity contribution >= 4 is 5.97 Å². The molecule has 0 aromatic heterocycles. The molecule has 0 atom stereocenters. The van der Waals surface area contributed by atoms with Crippen LogP contribution in [0.15, 0.2) is 0 Å². The Morgan fingerprint density at radius 2 is 1.50 bits per heavy atom. The van der Waals surface area contributed by atoms with Crippen LogP contribution < -0.4 is 12.3 Å². The van der Waals surface area contributed by atoms with E-state index in [4.69, 9.17) is 15.0 Å². The number of hydrogen-bond acceptors (Lipinski definition) is 4. The number of rotatable bonds is 1. The fourth-order valence-electron chi connectivity index (χ4n) is 0. The van der Waals surface area contributed by atoms with Gasteiger partial charge >= 0.3 is 27.0 Å². The number of aliphatic carboxylic acids is 1. The normalized spacial score (nSPS) is 4.62. The van der Waals surface area contributed by atoms with E-state index in [1.807, 2.05) is 0 Å². The predicted octanol–water partition coefficient (Wildman–Crippen LogP) is -0.615. The maximum atomic E-state index is 9.12. The van der Waals surface area contributed by atoms with Crippen molar-refractivity contribution in [2.75, 3.05) is 6.61 Å². The van der Waals surface area contributed by atoms with Crippen molar-refractivity contribution in [3.05, 3.63) is 0 Å². The number of aliphatic hydroxyl groups excluding tert-OH is 1. The van der Waals surface area contributed by atoms with Crippen molar-refractivity contribution in [1.29, 1.82) is 0 Å². The van der Waals surface area contributed by atoms with E-state index in [0.29, 0.717) is 0 Å². The van der Waals surface area contributed by atoms with E-state index in [1.54, 1.807) is 0 Å². The van der Waals surface area contributed by atoms with E-state index >= 15 is 0 Å². The minimum atomic E-state index is -1.19. The fraction of sp³-hybridized carbons (Fsp3) is 0.500. The van der Waals surface area contributed by atoms with Crippen LogP contribution in [-0.2, 0) is 25.9 Å². The van der Waals surface area contributed by atoms with Crippen molar-refractivity contribution < 1.29 is 36.1 Å². The van der Waals surface area contributed by atoms with Crippen LogP contribution in [0.1, 0.15) is 0 Å². The Morgan fingerprint density at radius 1 is 1.38 bits per heavy atom. The van der Waals surface area contributed by atoms with Crippen molar-refractivity contribution in [2.45, 2.75) is 0 Å². The minimum absolute atomic E-state index is 0. The summed E-state index contributed by atoms with van der Waals surface area (Å²) in [5.41, 5.74) is 0. The number of carbonyl (C=O) groups is 1. The van der Waals surface area contributed by atoms with Gasteiger partial charge in [-0.3, -0.25) is 0 Å². The monoisotopic (exact) mass is 305 g/mol. The average Bonchev–Trinajstić information content (AvgIpc) is 1.38. The first-order valence-corrected chi connectivity index (χ1v) is 1.10. The first-order valence-electron chi connectivity index (χ1n) is 1.10. The van der Waals surface area contributed by atoms with Gasteiger partial charge in [-0.25, -0.2) is 4.79 Å². The Hall–Kier alpha value is 0.0383. The smallest absolute Gasteiger partial charge is 0.480 e. The molecule has 0 aromatic rings. The summed E-state index contributed by atoms with van der Waals surface area (Å²) in [6, 6.07) is 0. The topological polar surface area (TPSA) is 128 Å². The molecule has 0 aliphatic carbocycles. The van der Waals surface area contributed by atoms with Gasteiger partial charge in [-0.15, -0.1) is 0 Å². The molecule has 0 fully saturated rings. The Balaban J connectivity index is -0.0000000267. The summed E-state index contributed by atoms with van der Waals surface area (Å²) in [5.74, 6) is -1.19. The zero-order valence-corrected chi connectivity index (χ0v) is 6.51. The first-order chi connectivity index (χ1) is 2.27. The third-order valence-electron chi connectivity index (χ3n) is 0.135. The summed E-state index contributed by atoms with van der Waals surface area (Å²) in [7, 11) is 0. The second kappa shape index (κ2) is 15.7. The molecular weight excluding hydrogens is 295 g/mol. The zero-order chi connectivity index (χ0) is 4.28. The standard InChI is InChI=1S/C2H4O3.2H3N.Pt/c3-1-2(4)5;;;/h3H,1H2,(H,4,5);2*1H3;/q;;;+2. The molecule has 0 amide bonds. The van der Waals surface area contributed by atoms with Crippen molar-refractivity contribution in [3.63, 3.8) is 0 Å². The van der Waals surface area contributed by atoms with Gasteiger partial charge in [0, 0.05) is 0 Å². The number of aliphatic hydroxyl groups is 1. The molecule has 5 nitrogen and oxygen atoms in total. The molecule has 0 aliphatic rings. The Bertz CT molecular complexity index is 50.5. The molecule has 8 heavy (non-hydrogen) atoms. The molecule has 0 saturated carbocycles. The molecule has 0 rings (SSSR count). The van der Waals surface area contributed by atoms with Crippen molar-refractivity contribution in [3.8, 4) is 0 Å². The number of hydrogen-bond donors (Lipinski definition) is 4. The molecule has 0 aliphatic heterocycles. The van der Waals surface area contributed by atoms with Crippen molar-refractivity contribution in [2.24, 2.45) is 0 Å². The van der Waals surface area contributed by atoms with E-state index in [0.717, 1.165) is 0 Å². The summed E-state index contributed by atoms with van der Waals surface area (Å²) >= 11 is 0. The molecule has 0 radical (unpaired) electrons. The first kappa shape index (κ1) is 24.4. The molecule has 0 spiro atoms. The summed E-state index contributed by atoms with van der Waals surface area (Å²) in [6.07, 6.45) is 0. The van der Waals surface area contributed by atoms with E-state index in [-0.39, 0.29) is 33.4 Å². The van der Waals surface area contributed by atoms with E-state index in [2.05, 4.69) is 0 Å².